The molecular weight excluding hydrogens is 232 g/mol. The Morgan fingerprint density at radius 1 is 1.33 bits per heavy atom. The number of ether oxygens (including phenoxy) is 2. The van der Waals surface area contributed by atoms with Crippen molar-refractivity contribution in [3.05, 3.63) is 23.8 Å². The van der Waals surface area contributed by atoms with Gasteiger partial charge in [-0.05, 0) is 18.6 Å². The molecule has 2 N–H and O–H groups in total. The molecule has 1 heterocycles. The van der Waals surface area contributed by atoms with Crippen LogP contribution in [-0.2, 0) is 0 Å². The number of nitrogens with two attached hydrogens (primary N) is 1. The third-order valence-corrected chi connectivity index (χ3v) is 3.15. The second-order valence-corrected chi connectivity index (χ2v) is 4.34. The molecule has 98 valence electrons. The van der Waals surface area contributed by atoms with Gasteiger partial charge in [-0.2, -0.15) is 0 Å². The molecule has 5 heteroatoms. The number of rotatable bonds is 3. The van der Waals surface area contributed by atoms with Crippen molar-refractivity contribution in [3.63, 3.8) is 0 Å². The van der Waals surface area contributed by atoms with Crippen molar-refractivity contribution >= 4 is 5.91 Å². The Bertz CT molecular complexity index is 426. The van der Waals surface area contributed by atoms with Crippen molar-refractivity contribution in [1.29, 1.82) is 0 Å². The molecule has 1 amide bonds. The highest BCUT2D eigenvalue weighted by Gasteiger charge is 2.28. The van der Waals surface area contributed by atoms with Crippen molar-refractivity contribution in [2.45, 2.75) is 12.5 Å². The zero-order chi connectivity index (χ0) is 13.1. The monoisotopic (exact) mass is 250 g/mol. The third-order valence-electron chi connectivity index (χ3n) is 3.15. The van der Waals surface area contributed by atoms with E-state index in [1.807, 2.05) is 0 Å². The number of methoxy groups -OCH3 is 2. The zero-order valence-corrected chi connectivity index (χ0v) is 10.7. The molecule has 1 atom stereocenters. The fraction of sp³-hybridized carbons (Fsp3) is 0.462. The van der Waals surface area contributed by atoms with Gasteiger partial charge in [0.2, 0.25) is 0 Å². The molecule has 18 heavy (non-hydrogen) atoms. The first-order chi connectivity index (χ1) is 8.67. The fourth-order valence-electron chi connectivity index (χ4n) is 2.19. The first-order valence-electron chi connectivity index (χ1n) is 5.93. The molecule has 0 aliphatic carbocycles. The molecule has 2 rings (SSSR count). The normalized spacial score (nSPS) is 18.8. The Morgan fingerprint density at radius 3 is 2.39 bits per heavy atom. The molecule has 1 aromatic rings. The van der Waals surface area contributed by atoms with Gasteiger partial charge in [-0.3, -0.25) is 4.79 Å². The summed E-state index contributed by atoms with van der Waals surface area (Å²) in [6.45, 7) is 1.27. The highest BCUT2D eigenvalue weighted by Crippen LogP contribution is 2.30. The van der Waals surface area contributed by atoms with Crippen LogP contribution in [0.1, 0.15) is 16.8 Å². The summed E-state index contributed by atoms with van der Waals surface area (Å²) in [5.41, 5.74) is 6.29. The highest BCUT2D eigenvalue weighted by atomic mass is 16.5. The van der Waals surface area contributed by atoms with Crippen LogP contribution in [0.2, 0.25) is 0 Å². The highest BCUT2D eigenvalue weighted by molar-refractivity contribution is 5.99. The lowest BCUT2D eigenvalue weighted by Gasteiger charge is -2.19. The summed E-state index contributed by atoms with van der Waals surface area (Å²) >= 11 is 0. The molecule has 0 radical (unpaired) electrons. The van der Waals surface area contributed by atoms with Gasteiger partial charge in [0.05, 0.1) is 14.2 Å². The van der Waals surface area contributed by atoms with Crippen molar-refractivity contribution in [2.75, 3.05) is 27.3 Å². The summed E-state index contributed by atoms with van der Waals surface area (Å²) in [6.07, 6.45) is 0.837. The van der Waals surface area contributed by atoms with E-state index >= 15 is 0 Å². The fourth-order valence-corrected chi connectivity index (χ4v) is 2.19. The second-order valence-electron chi connectivity index (χ2n) is 4.34. The van der Waals surface area contributed by atoms with Crippen LogP contribution in [0.15, 0.2) is 18.2 Å². The number of carbonyl (C=O) groups is 1. The van der Waals surface area contributed by atoms with Crippen LogP contribution < -0.4 is 15.2 Å². The van der Waals surface area contributed by atoms with Crippen molar-refractivity contribution < 1.29 is 14.3 Å². The zero-order valence-electron chi connectivity index (χ0n) is 10.7. The summed E-state index contributed by atoms with van der Waals surface area (Å²) in [7, 11) is 3.09. The van der Waals surface area contributed by atoms with E-state index in [9.17, 15) is 4.79 Å². The number of likely N-dealkylation sites (tertiary alicyclic amines) is 1. The lowest BCUT2D eigenvalue weighted by atomic mass is 10.1. The van der Waals surface area contributed by atoms with Gasteiger partial charge in [-0.25, -0.2) is 0 Å². The molecule has 0 spiro atoms. The van der Waals surface area contributed by atoms with Crippen molar-refractivity contribution in [3.8, 4) is 11.5 Å². The molecule has 0 bridgehead atoms. The van der Waals surface area contributed by atoms with Gasteiger partial charge < -0.3 is 20.1 Å². The Hall–Kier alpha value is -1.75. The maximum Gasteiger partial charge on any atom is 0.261 e. The smallest absolute Gasteiger partial charge is 0.261 e. The number of hydrogen-bond donors (Lipinski definition) is 1. The number of hydrogen-bond acceptors (Lipinski definition) is 4. The van der Waals surface area contributed by atoms with Crippen molar-refractivity contribution in [1.82, 2.24) is 4.90 Å². The van der Waals surface area contributed by atoms with Crippen LogP contribution in [0.3, 0.4) is 0 Å². The molecule has 1 aliphatic heterocycles. The van der Waals surface area contributed by atoms with E-state index < -0.39 is 0 Å². The number of benzene rings is 1. The predicted molar refractivity (Wildman–Crippen MR) is 68.0 cm³/mol. The predicted octanol–water partition coefficient (Wildman–Crippen LogP) is 0.877. The van der Waals surface area contributed by atoms with Crippen LogP contribution >= 0.6 is 0 Å². The summed E-state index contributed by atoms with van der Waals surface area (Å²) in [4.78, 5) is 14.2. The molecule has 0 saturated carbocycles. The summed E-state index contributed by atoms with van der Waals surface area (Å²) in [5.74, 6) is 0.969. The minimum absolute atomic E-state index is 0.0645. The topological polar surface area (TPSA) is 64.8 Å². The van der Waals surface area contributed by atoms with Gasteiger partial charge in [-0.15, -0.1) is 0 Å². The SMILES string of the molecule is COc1cccc(OC)c1C(=O)N1CC[C@@H](N)C1. The molecule has 1 aromatic carbocycles. The van der Waals surface area contributed by atoms with Gasteiger partial charge in [-0.1, -0.05) is 6.07 Å². The minimum Gasteiger partial charge on any atom is -0.496 e. The average Bonchev–Trinajstić information content (AvgIpc) is 2.83. The van der Waals surface area contributed by atoms with Gasteiger partial charge in [0.15, 0.2) is 0 Å². The van der Waals surface area contributed by atoms with E-state index in [1.54, 1.807) is 37.3 Å². The lowest BCUT2D eigenvalue weighted by molar-refractivity contribution is 0.0784. The Balaban J connectivity index is 2.34. The maximum atomic E-state index is 12.5. The summed E-state index contributed by atoms with van der Waals surface area (Å²) in [6, 6.07) is 5.37. The second kappa shape index (κ2) is 5.27. The summed E-state index contributed by atoms with van der Waals surface area (Å²) in [5, 5.41) is 0. The van der Waals surface area contributed by atoms with E-state index in [-0.39, 0.29) is 11.9 Å². The minimum atomic E-state index is -0.0859. The molecule has 1 fully saturated rings. The lowest BCUT2D eigenvalue weighted by Crippen LogP contribution is -2.32. The third kappa shape index (κ3) is 2.26. The van der Waals surface area contributed by atoms with E-state index in [0.717, 1.165) is 6.42 Å². The van der Waals surface area contributed by atoms with Crippen LogP contribution in [-0.4, -0.2) is 44.2 Å². The van der Waals surface area contributed by atoms with Gasteiger partial charge >= 0.3 is 0 Å². The first kappa shape index (κ1) is 12.7. The largest absolute Gasteiger partial charge is 0.496 e. The molecule has 0 aromatic heterocycles. The van der Waals surface area contributed by atoms with Crippen LogP contribution in [0, 0.1) is 0 Å². The number of nitrogens with zero attached hydrogens (tertiary/aromatic N) is 1. The van der Waals surface area contributed by atoms with Crippen LogP contribution in [0.25, 0.3) is 0 Å². The van der Waals surface area contributed by atoms with Crippen LogP contribution in [0.4, 0.5) is 0 Å². The quantitative estimate of drug-likeness (QED) is 0.864. The number of carbonyl (C=O) groups excluding carboxylic acids is 1. The maximum absolute atomic E-state index is 12.5. The van der Waals surface area contributed by atoms with Gasteiger partial charge in [0, 0.05) is 19.1 Å². The standard InChI is InChI=1S/C13H18N2O3/c1-17-10-4-3-5-11(18-2)12(10)13(16)15-7-6-9(14)8-15/h3-5,9H,6-8,14H2,1-2H3/t9-/m1/s1. The van der Waals surface area contributed by atoms with E-state index in [0.29, 0.717) is 30.2 Å². The molecular formula is C13H18N2O3. The molecule has 1 saturated heterocycles. The Kier molecular flexibility index (Phi) is 3.72. The van der Waals surface area contributed by atoms with Gasteiger partial charge in [0.25, 0.3) is 5.91 Å². The summed E-state index contributed by atoms with van der Waals surface area (Å²) < 4.78 is 10.5. The van der Waals surface area contributed by atoms with Crippen molar-refractivity contribution in [2.24, 2.45) is 5.73 Å². The molecule has 0 unspecified atom stereocenters. The average molecular weight is 250 g/mol. The molecule has 1 aliphatic rings. The first-order valence-corrected chi connectivity index (χ1v) is 5.93. The van der Waals surface area contributed by atoms with E-state index in [2.05, 4.69) is 0 Å². The Labute approximate surface area is 106 Å². The van der Waals surface area contributed by atoms with Gasteiger partial charge in [0.1, 0.15) is 17.1 Å². The Morgan fingerprint density at radius 2 is 1.94 bits per heavy atom. The van der Waals surface area contributed by atoms with E-state index in [4.69, 9.17) is 15.2 Å². The molecule has 5 nitrogen and oxygen atoms in total. The van der Waals surface area contributed by atoms with Crippen LogP contribution in [0.5, 0.6) is 11.5 Å². The van der Waals surface area contributed by atoms with E-state index in [1.165, 1.54) is 0 Å². The number of amides is 1.